The maximum Gasteiger partial charge on any atom is 0.222 e. The molecule has 0 bridgehead atoms. The number of hydrogen-bond donors (Lipinski definition) is 2. The van der Waals surface area contributed by atoms with E-state index in [1.54, 1.807) is 14.2 Å². The Kier molecular flexibility index (Phi) is 6.00. The molecule has 5 nitrogen and oxygen atoms in total. The molecule has 23 heavy (non-hydrogen) atoms. The monoisotopic (exact) mass is 314 g/mol. The third kappa shape index (κ3) is 4.47. The van der Waals surface area contributed by atoms with Gasteiger partial charge in [0.05, 0.1) is 14.2 Å². The van der Waals surface area contributed by atoms with Crippen LogP contribution in [0.3, 0.4) is 0 Å². The minimum atomic E-state index is -0.316. The molecule has 5 heteroatoms. The number of nitrogens with one attached hydrogen (secondary N) is 1. The standard InChI is InChI=1S/C18H22N2O3/c1-22-16-10-6-9-14(18(16)23-2)12-20-17(21)11-15(19)13-7-4-3-5-8-13/h3-10,15H,11-12,19H2,1-2H3,(H,20,21). The molecule has 1 unspecified atom stereocenters. The highest BCUT2D eigenvalue weighted by atomic mass is 16.5. The van der Waals surface area contributed by atoms with Crippen molar-refractivity contribution in [1.82, 2.24) is 5.32 Å². The van der Waals surface area contributed by atoms with E-state index in [-0.39, 0.29) is 18.4 Å². The van der Waals surface area contributed by atoms with Gasteiger partial charge in [0, 0.05) is 24.6 Å². The average Bonchev–Trinajstić information content (AvgIpc) is 2.60. The quantitative estimate of drug-likeness (QED) is 0.823. The van der Waals surface area contributed by atoms with Gasteiger partial charge in [-0.1, -0.05) is 42.5 Å². The molecule has 2 aromatic carbocycles. The van der Waals surface area contributed by atoms with Gasteiger partial charge in [-0.3, -0.25) is 4.79 Å². The Morgan fingerprint density at radius 1 is 1.09 bits per heavy atom. The maximum absolute atomic E-state index is 12.1. The second kappa shape index (κ2) is 8.19. The molecule has 3 N–H and O–H groups in total. The van der Waals surface area contributed by atoms with E-state index in [1.165, 1.54) is 0 Å². The summed E-state index contributed by atoms with van der Waals surface area (Å²) in [7, 11) is 3.16. The van der Waals surface area contributed by atoms with Crippen molar-refractivity contribution in [3.8, 4) is 11.5 Å². The third-order valence-corrected chi connectivity index (χ3v) is 3.59. The Bertz CT molecular complexity index is 644. The van der Waals surface area contributed by atoms with Crippen LogP contribution in [0.25, 0.3) is 0 Å². The van der Waals surface area contributed by atoms with Gasteiger partial charge < -0.3 is 20.5 Å². The summed E-state index contributed by atoms with van der Waals surface area (Å²) >= 11 is 0. The highest BCUT2D eigenvalue weighted by Gasteiger charge is 2.13. The fourth-order valence-electron chi connectivity index (χ4n) is 2.38. The summed E-state index contributed by atoms with van der Waals surface area (Å²) in [5, 5.41) is 2.87. The van der Waals surface area contributed by atoms with Gasteiger partial charge in [-0.05, 0) is 11.6 Å². The van der Waals surface area contributed by atoms with E-state index in [4.69, 9.17) is 15.2 Å². The SMILES string of the molecule is COc1cccc(CNC(=O)CC(N)c2ccccc2)c1OC. The van der Waals surface area contributed by atoms with Gasteiger partial charge in [0.15, 0.2) is 11.5 Å². The maximum atomic E-state index is 12.1. The van der Waals surface area contributed by atoms with Crippen molar-refractivity contribution in [3.63, 3.8) is 0 Å². The first kappa shape index (κ1) is 16.8. The first-order chi connectivity index (χ1) is 11.2. The molecule has 0 aromatic heterocycles. The van der Waals surface area contributed by atoms with Crippen molar-refractivity contribution in [2.24, 2.45) is 5.73 Å². The largest absolute Gasteiger partial charge is 0.493 e. The van der Waals surface area contributed by atoms with E-state index in [9.17, 15) is 4.79 Å². The number of amides is 1. The fourth-order valence-corrected chi connectivity index (χ4v) is 2.38. The summed E-state index contributed by atoms with van der Waals surface area (Å²) < 4.78 is 10.6. The van der Waals surface area contributed by atoms with Crippen molar-refractivity contribution in [2.75, 3.05) is 14.2 Å². The summed E-state index contributed by atoms with van der Waals surface area (Å²) in [5.74, 6) is 1.16. The highest BCUT2D eigenvalue weighted by molar-refractivity contribution is 5.76. The van der Waals surface area contributed by atoms with Crippen LogP contribution in [0.5, 0.6) is 11.5 Å². The zero-order valence-electron chi connectivity index (χ0n) is 13.4. The van der Waals surface area contributed by atoms with Gasteiger partial charge in [0.2, 0.25) is 5.91 Å². The van der Waals surface area contributed by atoms with Crippen LogP contribution in [0.4, 0.5) is 0 Å². The number of carbonyl (C=O) groups is 1. The van der Waals surface area contributed by atoms with Gasteiger partial charge in [-0.25, -0.2) is 0 Å². The molecule has 1 amide bonds. The lowest BCUT2D eigenvalue weighted by atomic mass is 10.0. The van der Waals surface area contributed by atoms with Crippen molar-refractivity contribution in [2.45, 2.75) is 19.0 Å². The Morgan fingerprint density at radius 3 is 2.48 bits per heavy atom. The summed E-state index contributed by atoms with van der Waals surface area (Å²) in [6.45, 7) is 0.362. The van der Waals surface area contributed by atoms with Gasteiger partial charge in [-0.15, -0.1) is 0 Å². The molecule has 0 aliphatic carbocycles. The van der Waals surface area contributed by atoms with Crippen LogP contribution >= 0.6 is 0 Å². The van der Waals surface area contributed by atoms with Crippen LogP contribution in [-0.2, 0) is 11.3 Å². The van der Waals surface area contributed by atoms with Crippen molar-refractivity contribution >= 4 is 5.91 Å². The average molecular weight is 314 g/mol. The summed E-state index contributed by atoms with van der Waals surface area (Å²) in [5.41, 5.74) is 7.86. The van der Waals surface area contributed by atoms with Gasteiger partial charge in [0.25, 0.3) is 0 Å². The molecule has 0 heterocycles. The molecular weight excluding hydrogens is 292 g/mol. The predicted molar refractivity (Wildman–Crippen MR) is 89.4 cm³/mol. The second-order valence-corrected chi connectivity index (χ2v) is 5.15. The summed E-state index contributed by atoms with van der Waals surface area (Å²) in [6, 6.07) is 14.8. The van der Waals surface area contributed by atoms with Crippen LogP contribution in [0.2, 0.25) is 0 Å². The first-order valence-corrected chi connectivity index (χ1v) is 7.42. The van der Waals surface area contributed by atoms with E-state index < -0.39 is 0 Å². The number of hydrogen-bond acceptors (Lipinski definition) is 4. The molecule has 0 radical (unpaired) electrons. The number of nitrogens with two attached hydrogens (primary N) is 1. The van der Waals surface area contributed by atoms with E-state index in [1.807, 2.05) is 48.5 Å². The topological polar surface area (TPSA) is 73.6 Å². The van der Waals surface area contributed by atoms with Gasteiger partial charge >= 0.3 is 0 Å². The molecule has 0 fully saturated rings. The van der Waals surface area contributed by atoms with E-state index >= 15 is 0 Å². The fraction of sp³-hybridized carbons (Fsp3) is 0.278. The summed E-state index contributed by atoms with van der Waals surface area (Å²) in [4.78, 5) is 12.1. The predicted octanol–water partition coefficient (Wildman–Crippen LogP) is 2.41. The molecule has 122 valence electrons. The number of methoxy groups -OCH3 is 2. The van der Waals surface area contributed by atoms with Crippen molar-refractivity contribution < 1.29 is 14.3 Å². The Hall–Kier alpha value is -2.53. The number of rotatable bonds is 7. The van der Waals surface area contributed by atoms with Crippen LogP contribution in [0, 0.1) is 0 Å². The van der Waals surface area contributed by atoms with Crippen molar-refractivity contribution in [3.05, 3.63) is 59.7 Å². The van der Waals surface area contributed by atoms with Crippen molar-refractivity contribution in [1.29, 1.82) is 0 Å². The molecule has 2 rings (SSSR count). The third-order valence-electron chi connectivity index (χ3n) is 3.59. The molecule has 2 aromatic rings. The molecule has 0 saturated carbocycles. The Balaban J connectivity index is 1.95. The van der Waals surface area contributed by atoms with Crippen LogP contribution in [-0.4, -0.2) is 20.1 Å². The molecule has 0 aliphatic rings. The van der Waals surface area contributed by atoms with E-state index in [2.05, 4.69) is 5.32 Å². The molecule has 1 atom stereocenters. The number of ether oxygens (including phenoxy) is 2. The minimum Gasteiger partial charge on any atom is -0.493 e. The zero-order chi connectivity index (χ0) is 16.7. The molecule has 0 saturated heterocycles. The van der Waals surface area contributed by atoms with Crippen LogP contribution in [0.1, 0.15) is 23.6 Å². The zero-order valence-corrected chi connectivity index (χ0v) is 13.4. The van der Waals surface area contributed by atoms with E-state index in [0.29, 0.717) is 18.0 Å². The lowest BCUT2D eigenvalue weighted by Gasteiger charge is -2.15. The second-order valence-electron chi connectivity index (χ2n) is 5.15. The Morgan fingerprint density at radius 2 is 1.83 bits per heavy atom. The number of carbonyl (C=O) groups excluding carboxylic acids is 1. The van der Waals surface area contributed by atoms with E-state index in [0.717, 1.165) is 11.1 Å². The normalized spacial score (nSPS) is 11.6. The molecule has 0 spiro atoms. The lowest BCUT2D eigenvalue weighted by Crippen LogP contribution is -2.27. The van der Waals surface area contributed by atoms with Crippen LogP contribution in [0.15, 0.2) is 48.5 Å². The minimum absolute atomic E-state index is 0.105. The lowest BCUT2D eigenvalue weighted by molar-refractivity contribution is -0.121. The summed E-state index contributed by atoms with van der Waals surface area (Å²) in [6.07, 6.45) is 0.232. The first-order valence-electron chi connectivity index (χ1n) is 7.42. The molecular formula is C18H22N2O3. The molecule has 0 aliphatic heterocycles. The number of para-hydroxylation sites is 1. The smallest absolute Gasteiger partial charge is 0.222 e. The Labute approximate surface area is 136 Å². The number of benzene rings is 2. The van der Waals surface area contributed by atoms with Crippen LogP contribution < -0.4 is 20.5 Å². The van der Waals surface area contributed by atoms with Gasteiger partial charge in [-0.2, -0.15) is 0 Å². The van der Waals surface area contributed by atoms with Gasteiger partial charge in [0.1, 0.15) is 0 Å². The highest BCUT2D eigenvalue weighted by Crippen LogP contribution is 2.30.